The number of hydrogen-bond donors (Lipinski definition) is 1. The van der Waals surface area contributed by atoms with Gasteiger partial charge in [-0.05, 0) is 78.4 Å². The third kappa shape index (κ3) is 9.19. The van der Waals surface area contributed by atoms with Crippen LogP contribution in [0.1, 0.15) is 36.1 Å². The van der Waals surface area contributed by atoms with Crippen LogP contribution < -0.4 is 9.62 Å². The Kier molecular flexibility index (Phi) is 11.4. The van der Waals surface area contributed by atoms with Crippen LogP contribution in [-0.2, 0) is 32.6 Å². The number of anilines is 1. The van der Waals surface area contributed by atoms with E-state index in [9.17, 15) is 18.0 Å². The van der Waals surface area contributed by atoms with E-state index in [4.69, 9.17) is 11.6 Å². The van der Waals surface area contributed by atoms with Crippen molar-refractivity contribution in [1.82, 2.24) is 10.2 Å². The van der Waals surface area contributed by atoms with E-state index in [1.165, 1.54) is 17.0 Å². The van der Waals surface area contributed by atoms with Crippen LogP contribution in [0.2, 0.25) is 5.02 Å². The van der Waals surface area contributed by atoms with Gasteiger partial charge >= 0.3 is 0 Å². The molecule has 0 aliphatic rings. The van der Waals surface area contributed by atoms with Gasteiger partial charge in [-0.1, -0.05) is 92.2 Å². The van der Waals surface area contributed by atoms with Crippen LogP contribution in [0.15, 0.2) is 108 Å². The number of benzene rings is 4. The molecule has 0 aliphatic heterocycles. The molecule has 0 aromatic heterocycles. The molecule has 7 nitrogen and oxygen atoms in total. The summed E-state index contributed by atoms with van der Waals surface area (Å²) in [4.78, 5) is 29.9. The standard InChI is InChI=1S/C36H40ClN3O4S/c1-26(2)23-38-36(42)34(22-29-11-7-5-8-12-29)39(24-30-15-17-31(37)18-16-30)35(41)25-40(32-20-27(3)19-28(4)21-32)45(43,44)33-13-9-6-10-14-33/h5-21,26,34H,22-25H2,1-4H3,(H,38,42)/t34-/m1/s1. The van der Waals surface area contributed by atoms with Gasteiger partial charge in [0, 0.05) is 24.5 Å². The number of hydrogen-bond acceptors (Lipinski definition) is 4. The largest absolute Gasteiger partial charge is 0.354 e. The summed E-state index contributed by atoms with van der Waals surface area (Å²) in [5.74, 6) is -0.620. The highest BCUT2D eigenvalue weighted by atomic mass is 35.5. The molecule has 0 bridgehead atoms. The number of amides is 2. The smallest absolute Gasteiger partial charge is 0.264 e. The summed E-state index contributed by atoms with van der Waals surface area (Å²) in [5.41, 5.74) is 3.73. The topological polar surface area (TPSA) is 86.8 Å². The van der Waals surface area contributed by atoms with Crippen LogP contribution in [0.5, 0.6) is 0 Å². The van der Waals surface area contributed by atoms with Gasteiger partial charge in [-0.25, -0.2) is 8.42 Å². The van der Waals surface area contributed by atoms with E-state index in [-0.39, 0.29) is 29.7 Å². The molecule has 4 rings (SSSR count). The fraction of sp³-hybridized carbons (Fsp3) is 0.278. The third-order valence-corrected chi connectivity index (χ3v) is 9.37. The van der Waals surface area contributed by atoms with E-state index < -0.39 is 28.5 Å². The van der Waals surface area contributed by atoms with Gasteiger partial charge in [0.1, 0.15) is 12.6 Å². The molecule has 236 valence electrons. The van der Waals surface area contributed by atoms with Gasteiger partial charge in [0.2, 0.25) is 11.8 Å². The highest BCUT2D eigenvalue weighted by molar-refractivity contribution is 7.92. The van der Waals surface area contributed by atoms with Gasteiger partial charge in [0.15, 0.2) is 0 Å². The molecule has 45 heavy (non-hydrogen) atoms. The molecule has 1 atom stereocenters. The van der Waals surface area contributed by atoms with Crippen molar-refractivity contribution in [2.24, 2.45) is 5.92 Å². The van der Waals surface area contributed by atoms with Gasteiger partial charge in [-0.3, -0.25) is 13.9 Å². The molecule has 2 amide bonds. The molecule has 0 fully saturated rings. The van der Waals surface area contributed by atoms with Crippen molar-refractivity contribution in [2.75, 3.05) is 17.4 Å². The monoisotopic (exact) mass is 645 g/mol. The lowest BCUT2D eigenvalue weighted by molar-refractivity contribution is -0.140. The highest BCUT2D eigenvalue weighted by Crippen LogP contribution is 2.27. The number of nitrogens with zero attached hydrogens (tertiary/aromatic N) is 2. The number of rotatable bonds is 13. The molecule has 4 aromatic carbocycles. The van der Waals surface area contributed by atoms with Gasteiger partial charge in [-0.2, -0.15) is 0 Å². The van der Waals surface area contributed by atoms with Crippen molar-refractivity contribution in [2.45, 2.75) is 51.6 Å². The van der Waals surface area contributed by atoms with Crippen molar-refractivity contribution >= 4 is 39.1 Å². The summed E-state index contributed by atoms with van der Waals surface area (Å²) in [6, 6.07) is 29.2. The van der Waals surface area contributed by atoms with Crippen molar-refractivity contribution in [3.8, 4) is 0 Å². The molecule has 0 aliphatic carbocycles. The predicted octanol–water partition coefficient (Wildman–Crippen LogP) is 6.56. The second-order valence-electron chi connectivity index (χ2n) is 11.7. The first kappa shape index (κ1) is 33.7. The summed E-state index contributed by atoms with van der Waals surface area (Å²) < 4.78 is 29.4. The first-order valence-electron chi connectivity index (χ1n) is 15.0. The van der Waals surface area contributed by atoms with Crippen LogP contribution in [0.4, 0.5) is 5.69 Å². The van der Waals surface area contributed by atoms with Crippen LogP contribution in [-0.4, -0.2) is 44.3 Å². The summed E-state index contributed by atoms with van der Waals surface area (Å²) in [6.07, 6.45) is 0.249. The van der Waals surface area contributed by atoms with E-state index in [1.54, 1.807) is 54.6 Å². The van der Waals surface area contributed by atoms with E-state index in [2.05, 4.69) is 5.32 Å². The van der Waals surface area contributed by atoms with E-state index in [0.29, 0.717) is 17.3 Å². The zero-order valence-electron chi connectivity index (χ0n) is 26.1. The molecule has 0 spiro atoms. The Balaban J connectivity index is 1.81. The van der Waals surface area contributed by atoms with Crippen LogP contribution in [0.3, 0.4) is 0 Å². The van der Waals surface area contributed by atoms with Crippen molar-refractivity contribution in [3.05, 3.63) is 130 Å². The molecule has 0 saturated heterocycles. The Morgan fingerprint density at radius 3 is 1.96 bits per heavy atom. The summed E-state index contributed by atoms with van der Waals surface area (Å²) in [7, 11) is -4.15. The Morgan fingerprint density at radius 2 is 1.38 bits per heavy atom. The van der Waals surface area contributed by atoms with Crippen molar-refractivity contribution in [1.29, 1.82) is 0 Å². The van der Waals surface area contributed by atoms with Gasteiger partial charge < -0.3 is 10.2 Å². The zero-order valence-corrected chi connectivity index (χ0v) is 27.7. The minimum Gasteiger partial charge on any atom is -0.354 e. The fourth-order valence-corrected chi connectivity index (χ4v) is 6.65. The molecular formula is C36H40ClN3O4S. The Hall–Kier alpha value is -4.14. The maximum Gasteiger partial charge on any atom is 0.264 e. The minimum atomic E-state index is -4.15. The normalized spacial score (nSPS) is 12.0. The Labute approximate surface area is 271 Å². The molecule has 4 aromatic rings. The lowest BCUT2D eigenvalue weighted by Crippen LogP contribution is -2.53. The van der Waals surface area contributed by atoms with Crippen molar-refractivity contribution in [3.63, 3.8) is 0 Å². The third-order valence-electron chi connectivity index (χ3n) is 7.33. The first-order chi connectivity index (χ1) is 21.4. The van der Waals surface area contributed by atoms with E-state index >= 15 is 0 Å². The van der Waals surface area contributed by atoms with Gasteiger partial charge in [-0.15, -0.1) is 0 Å². The number of carbonyl (C=O) groups excluding carboxylic acids is 2. The first-order valence-corrected chi connectivity index (χ1v) is 16.8. The maximum atomic E-state index is 14.5. The van der Waals surface area contributed by atoms with Crippen molar-refractivity contribution < 1.29 is 18.0 Å². The zero-order chi connectivity index (χ0) is 32.6. The number of aryl methyl sites for hydroxylation is 2. The molecule has 0 saturated carbocycles. The predicted molar refractivity (Wildman–Crippen MR) is 181 cm³/mol. The van der Waals surface area contributed by atoms with Crippen LogP contribution >= 0.6 is 11.6 Å². The van der Waals surface area contributed by atoms with E-state index in [0.717, 1.165) is 26.6 Å². The number of sulfonamides is 1. The molecular weight excluding hydrogens is 606 g/mol. The van der Waals surface area contributed by atoms with Gasteiger partial charge in [0.05, 0.1) is 10.6 Å². The highest BCUT2D eigenvalue weighted by Gasteiger charge is 2.34. The lowest BCUT2D eigenvalue weighted by atomic mass is 10.0. The quantitative estimate of drug-likeness (QED) is 0.178. The number of nitrogens with one attached hydrogen (secondary N) is 1. The van der Waals surface area contributed by atoms with Crippen LogP contribution in [0.25, 0.3) is 0 Å². The number of halogens is 1. The number of carbonyl (C=O) groups is 2. The minimum absolute atomic E-state index is 0.0664. The maximum absolute atomic E-state index is 14.5. The Morgan fingerprint density at radius 1 is 0.800 bits per heavy atom. The SMILES string of the molecule is Cc1cc(C)cc(N(CC(=O)N(Cc2ccc(Cl)cc2)[C@H](Cc2ccccc2)C(=O)NCC(C)C)S(=O)(=O)c2ccccc2)c1. The molecule has 1 N–H and O–H groups in total. The summed E-state index contributed by atoms with van der Waals surface area (Å²) in [6.45, 7) is 7.77. The summed E-state index contributed by atoms with van der Waals surface area (Å²) >= 11 is 6.15. The molecule has 0 radical (unpaired) electrons. The lowest BCUT2D eigenvalue weighted by Gasteiger charge is -2.34. The average molecular weight is 646 g/mol. The Bertz CT molecular complexity index is 1680. The second kappa shape index (κ2) is 15.2. The molecule has 0 heterocycles. The van der Waals surface area contributed by atoms with Crippen LogP contribution in [0, 0.1) is 19.8 Å². The average Bonchev–Trinajstić information content (AvgIpc) is 3.01. The van der Waals surface area contributed by atoms with Gasteiger partial charge in [0.25, 0.3) is 10.0 Å². The van der Waals surface area contributed by atoms with E-state index in [1.807, 2.05) is 64.1 Å². The molecule has 0 unspecified atom stereocenters. The second-order valence-corrected chi connectivity index (χ2v) is 14.0. The summed E-state index contributed by atoms with van der Waals surface area (Å²) in [5, 5.41) is 3.55. The molecule has 9 heteroatoms. The fourth-order valence-electron chi connectivity index (χ4n) is 5.11.